The summed E-state index contributed by atoms with van der Waals surface area (Å²) in [7, 11) is 1.68. The maximum Gasteiger partial charge on any atom is 0.336 e. The third-order valence-corrected chi connectivity index (χ3v) is 4.67. The quantitative estimate of drug-likeness (QED) is 0.510. The summed E-state index contributed by atoms with van der Waals surface area (Å²) in [4.78, 5) is 24.6. The normalized spacial score (nSPS) is 11.5. The first-order valence-electron chi connectivity index (χ1n) is 7.98. The lowest BCUT2D eigenvalue weighted by atomic mass is 10.1. The maximum atomic E-state index is 12.6. The van der Waals surface area contributed by atoms with Gasteiger partial charge in [0.2, 0.25) is 0 Å². The second kappa shape index (κ2) is 6.06. The highest BCUT2D eigenvalue weighted by molar-refractivity contribution is 6.32. The van der Waals surface area contributed by atoms with Crippen molar-refractivity contribution in [3.8, 4) is 0 Å². The van der Waals surface area contributed by atoms with Crippen molar-refractivity contribution >= 4 is 33.6 Å². The molecule has 0 aliphatic carbocycles. The van der Waals surface area contributed by atoms with Crippen molar-refractivity contribution in [2.45, 2.75) is 19.9 Å². The molecule has 0 bridgehead atoms. The molecule has 0 saturated heterocycles. The van der Waals surface area contributed by atoms with Gasteiger partial charge in [-0.15, -0.1) is 5.10 Å². The predicted octanol–water partition coefficient (Wildman–Crippen LogP) is 1.90. The number of hydrogen-bond acceptors (Lipinski definition) is 6. The highest BCUT2D eigenvalue weighted by Crippen LogP contribution is 2.26. The molecule has 132 valence electrons. The lowest BCUT2D eigenvalue weighted by molar-refractivity contribution is 0.551. The van der Waals surface area contributed by atoms with E-state index >= 15 is 0 Å². The van der Waals surface area contributed by atoms with Gasteiger partial charge in [0.25, 0.3) is 5.56 Å². The molecule has 4 aromatic rings. The Labute approximate surface area is 151 Å². The van der Waals surface area contributed by atoms with Crippen LogP contribution >= 0.6 is 11.6 Å². The van der Waals surface area contributed by atoms with Crippen LogP contribution < -0.4 is 11.2 Å². The van der Waals surface area contributed by atoms with Gasteiger partial charge in [-0.25, -0.2) is 14.2 Å². The van der Waals surface area contributed by atoms with Gasteiger partial charge >= 0.3 is 5.63 Å². The number of aromatic nitrogens is 5. The molecule has 8 nitrogen and oxygen atoms in total. The fourth-order valence-electron chi connectivity index (χ4n) is 2.93. The molecule has 1 aromatic carbocycles. The van der Waals surface area contributed by atoms with Gasteiger partial charge in [-0.3, -0.25) is 4.79 Å². The van der Waals surface area contributed by atoms with Crippen LogP contribution in [-0.4, -0.2) is 24.8 Å². The minimum Gasteiger partial charge on any atom is -0.423 e. The molecule has 0 N–H and O–H groups in total. The van der Waals surface area contributed by atoms with Crippen molar-refractivity contribution in [1.82, 2.24) is 24.8 Å². The average Bonchev–Trinajstić information content (AvgIpc) is 2.99. The van der Waals surface area contributed by atoms with Crippen LogP contribution in [0.2, 0.25) is 5.02 Å². The molecule has 0 fully saturated rings. The predicted molar refractivity (Wildman–Crippen MR) is 96.5 cm³/mol. The number of benzene rings is 1. The van der Waals surface area contributed by atoms with E-state index in [-0.39, 0.29) is 12.1 Å². The molecule has 0 radical (unpaired) electrons. The summed E-state index contributed by atoms with van der Waals surface area (Å²) in [6, 6.07) is 4.84. The van der Waals surface area contributed by atoms with Gasteiger partial charge in [-0.05, 0) is 29.7 Å². The highest BCUT2D eigenvalue weighted by atomic mass is 35.5. The Morgan fingerprint density at radius 2 is 1.96 bits per heavy atom. The molecule has 3 heterocycles. The number of hydrogen-bond donors (Lipinski definition) is 0. The van der Waals surface area contributed by atoms with Gasteiger partial charge in [0.1, 0.15) is 11.0 Å². The average molecular weight is 372 g/mol. The van der Waals surface area contributed by atoms with Gasteiger partial charge in [0.15, 0.2) is 5.65 Å². The molecule has 26 heavy (non-hydrogen) atoms. The Hall–Kier alpha value is -3.00. The SMILES string of the molecule is CCc1cc2oc(=O)cc(Cn3nnc4c(cnn4C)c3=O)c2cc1Cl. The molecule has 0 unspecified atom stereocenters. The van der Waals surface area contributed by atoms with Gasteiger partial charge in [-0.2, -0.15) is 5.10 Å². The summed E-state index contributed by atoms with van der Waals surface area (Å²) in [5.41, 5.74) is 1.46. The van der Waals surface area contributed by atoms with E-state index < -0.39 is 5.63 Å². The van der Waals surface area contributed by atoms with E-state index in [4.69, 9.17) is 16.0 Å². The smallest absolute Gasteiger partial charge is 0.336 e. The van der Waals surface area contributed by atoms with Crippen molar-refractivity contribution in [3.63, 3.8) is 0 Å². The second-order valence-corrected chi connectivity index (χ2v) is 6.35. The fourth-order valence-corrected chi connectivity index (χ4v) is 3.23. The number of rotatable bonds is 3. The first kappa shape index (κ1) is 16.5. The number of fused-ring (bicyclic) bond motifs is 2. The maximum absolute atomic E-state index is 12.6. The van der Waals surface area contributed by atoms with E-state index in [0.29, 0.717) is 39.0 Å². The van der Waals surface area contributed by atoms with Crippen molar-refractivity contribution in [3.05, 3.63) is 61.3 Å². The number of aryl methyl sites for hydroxylation is 2. The molecule has 0 aliphatic rings. The molecular formula is C17H14ClN5O3. The van der Waals surface area contributed by atoms with Gasteiger partial charge < -0.3 is 4.42 Å². The Kier molecular flexibility index (Phi) is 3.84. The highest BCUT2D eigenvalue weighted by Gasteiger charge is 2.14. The van der Waals surface area contributed by atoms with Crippen LogP contribution in [0.15, 0.2) is 38.4 Å². The minimum atomic E-state index is -0.500. The van der Waals surface area contributed by atoms with Crippen molar-refractivity contribution in [2.24, 2.45) is 7.05 Å². The zero-order chi connectivity index (χ0) is 18.4. The van der Waals surface area contributed by atoms with Gasteiger partial charge in [-0.1, -0.05) is 23.7 Å². The topological polar surface area (TPSA) is 95.8 Å². The summed E-state index contributed by atoms with van der Waals surface area (Å²) >= 11 is 6.30. The van der Waals surface area contributed by atoms with Crippen molar-refractivity contribution < 1.29 is 4.42 Å². The Morgan fingerprint density at radius 3 is 2.73 bits per heavy atom. The van der Waals surface area contributed by atoms with E-state index in [2.05, 4.69) is 15.4 Å². The van der Waals surface area contributed by atoms with Crippen LogP contribution in [0.4, 0.5) is 0 Å². The summed E-state index contributed by atoms with van der Waals surface area (Å²) in [6.07, 6.45) is 2.16. The van der Waals surface area contributed by atoms with Gasteiger partial charge in [0.05, 0.1) is 12.7 Å². The van der Waals surface area contributed by atoms with E-state index in [1.165, 1.54) is 21.6 Å². The third-order valence-electron chi connectivity index (χ3n) is 4.32. The monoisotopic (exact) mass is 371 g/mol. The van der Waals surface area contributed by atoms with Crippen LogP contribution in [0.1, 0.15) is 18.1 Å². The molecule has 4 rings (SSSR count). The molecule has 0 aliphatic heterocycles. The molecular weight excluding hydrogens is 358 g/mol. The Bertz CT molecular complexity index is 1270. The lowest BCUT2D eigenvalue weighted by Crippen LogP contribution is -2.25. The molecule has 0 atom stereocenters. The van der Waals surface area contributed by atoms with E-state index in [1.807, 2.05) is 6.92 Å². The Morgan fingerprint density at radius 1 is 1.15 bits per heavy atom. The molecule has 0 amide bonds. The first-order chi connectivity index (χ1) is 12.5. The second-order valence-electron chi connectivity index (χ2n) is 5.94. The van der Waals surface area contributed by atoms with E-state index in [1.54, 1.807) is 19.2 Å². The molecule has 0 spiro atoms. The van der Waals surface area contributed by atoms with Crippen molar-refractivity contribution in [2.75, 3.05) is 0 Å². The van der Waals surface area contributed by atoms with Gasteiger partial charge in [0, 0.05) is 23.5 Å². The largest absolute Gasteiger partial charge is 0.423 e. The molecule has 9 heteroatoms. The third kappa shape index (κ3) is 2.59. The fraction of sp³-hybridized carbons (Fsp3) is 0.235. The zero-order valence-corrected chi connectivity index (χ0v) is 14.8. The van der Waals surface area contributed by atoms with Crippen LogP contribution in [-0.2, 0) is 20.0 Å². The standard InChI is InChI=1S/C17H14ClN5O3/c1-3-9-4-14-11(6-13(9)18)10(5-15(24)26-14)8-23-17(25)12-7-19-22(2)16(12)20-21-23/h4-7H,3,8H2,1-2H3. The van der Waals surface area contributed by atoms with E-state index in [0.717, 1.165) is 5.56 Å². The van der Waals surface area contributed by atoms with Crippen LogP contribution in [0.3, 0.4) is 0 Å². The summed E-state index contributed by atoms with van der Waals surface area (Å²) in [5, 5.41) is 13.6. The summed E-state index contributed by atoms with van der Waals surface area (Å²) < 4.78 is 7.96. The summed E-state index contributed by atoms with van der Waals surface area (Å²) in [6.45, 7) is 2.04. The lowest BCUT2D eigenvalue weighted by Gasteiger charge is -2.09. The zero-order valence-electron chi connectivity index (χ0n) is 14.1. The van der Waals surface area contributed by atoms with Crippen LogP contribution in [0.5, 0.6) is 0 Å². The molecule has 0 saturated carbocycles. The Balaban J connectivity index is 1.90. The number of halogens is 1. The van der Waals surface area contributed by atoms with E-state index in [9.17, 15) is 9.59 Å². The van der Waals surface area contributed by atoms with Crippen molar-refractivity contribution in [1.29, 1.82) is 0 Å². The van der Waals surface area contributed by atoms with Crippen LogP contribution in [0, 0.1) is 0 Å². The summed E-state index contributed by atoms with van der Waals surface area (Å²) in [5.74, 6) is 0. The first-order valence-corrected chi connectivity index (χ1v) is 8.36. The minimum absolute atomic E-state index is 0.0700. The van der Waals surface area contributed by atoms with Crippen LogP contribution in [0.25, 0.3) is 22.0 Å². The number of nitrogens with zero attached hydrogens (tertiary/aromatic N) is 5. The molecule has 3 aromatic heterocycles.